The van der Waals surface area contributed by atoms with E-state index in [1.807, 2.05) is 24.6 Å². The number of hydrogen-bond donors (Lipinski definition) is 0. The van der Waals surface area contributed by atoms with Crippen LogP contribution in [0, 0.1) is 11.8 Å². The number of nitrogens with zero attached hydrogens (tertiary/aromatic N) is 6. The summed E-state index contributed by atoms with van der Waals surface area (Å²) in [5, 5.41) is 8.30. The molecule has 6 rings (SSSR count). The van der Waals surface area contributed by atoms with Crippen LogP contribution in [0.4, 0.5) is 26.3 Å². The van der Waals surface area contributed by atoms with E-state index in [9.17, 15) is 31.1 Å². The molecule has 4 aromatic rings. The molecule has 1 aliphatic heterocycles. The van der Waals surface area contributed by atoms with Gasteiger partial charge in [0.25, 0.3) is 0 Å². The van der Waals surface area contributed by atoms with Gasteiger partial charge >= 0.3 is 18.0 Å². The van der Waals surface area contributed by atoms with Crippen molar-refractivity contribution in [1.82, 2.24) is 28.6 Å². The fourth-order valence-corrected chi connectivity index (χ4v) is 6.69. The highest BCUT2D eigenvalue weighted by Crippen LogP contribution is 2.44. The van der Waals surface area contributed by atoms with E-state index in [0.29, 0.717) is 28.5 Å². The minimum Gasteiger partial charge on any atom is -0.320 e. The first-order chi connectivity index (χ1) is 20.3. The van der Waals surface area contributed by atoms with E-state index >= 15 is 0 Å². The van der Waals surface area contributed by atoms with Gasteiger partial charge in [-0.25, -0.2) is 4.79 Å². The van der Waals surface area contributed by atoms with Crippen LogP contribution < -0.4 is 5.69 Å². The molecule has 2 fully saturated rings. The van der Waals surface area contributed by atoms with Gasteiger partial charge in [-0.15, -0.1) is 10.2 Å². The van der Waals surface area contributed by atoms with Crippen molar-refractivity contribution in [2.75, 3.05) is 13.1 Å². The maximum absolute atomic E-state index is 14.5. The maximum Gasteiger partial charge on any atom is 0.418 e. The number of alkyl halides is 6. The van der Waals surface area contributed by atoms with Gasteiger partial charge in [0.1, 0.15) is 18.2 Å². The first kappa shape index (κ1) is 29.5. The van der Waals surface area contributed by atoms with Gasteiger partial charge in [-0.2, -0.15) is 26.3 Å². The van der Waals surface area contributed by atoms with Crippen LogP contribution in [-0.2, 0) is 13.2 Å². The van der Waals surface area contributed by atoms with Crippen LogP contribution in [0.3, 0.4) is 0 Å². The van der Waals surface area contributed by atoms with Crippen LogP contribution in [0.2, 0.25) is 0 Å². The molecule has 13 heteroatoms. The summed E-state index contributed by atoms with van der Waals surface area (Å²) in [6, 6.07) is 5.21. The van der Waals surface area contributed by atoms with E-state index in [-0.39, 0.29) is 24.9 Å². The number of halogens is 6. The molecule has 230 valence electrons. The van der Waals surface area contributed by atoms with Gasteiger partial charge < -0.3 is 4.57 Å². The van der Waals surface area contributed by atoms with Crippen LogP contribution in [0.25, 0.3) is 11.2 Å². The zero-order valence-electron chi connectivity index (χ0n) is 23.7. The Balaban J connectivity index is 1.49. The lowest BCUT2D eigenvalue weighted by Gasteiger charge is -2.38. The van der Waals surface area contributed by atoms with E-state index in [2.05, 4.69) is 10.2 Å². The van der Waals surface area contributed by atoms with Crippen LogP contribution in [-0.4, -0.2) is 47.9 Å². The summed E-state index contributed by atoms with van der Waals surface area (Å²) in [4.78, 5) is 14.8. The first-order valence-electron chi connectivity index (χ1n) is 14.4. The summed E-state index contributed by atoms with van der Waals surface area (Å²) in [5.74, 6) is 0.862. The highest BCUT2D eigenvalue weighted by atomic mass is 19.4. The number of piperidine rings is 1. The van der Waals surface area contributed by atoms with Crippen LogP contribution >= 0.6 is 0 Å². The zero-order valence-corrected chi connectivity index (χ0v) is 23.7. The monoisotopic (exact) mass is 606 g/mol. The summed E-state index contributed by atoms with van der Waals surface area (Å²) in [6.45, 7) is 2.02. The number of hydrogen-bond acceptors (Lipinski definition) is 4. The molecule has 0 radical (unpaired) electrons. The second-order valence-electron chi connectivity index (χ2n) is 12.0. The minimum absolute atomic E-state index is 0.0363. The van der Waals surface area contributed by atoms with Crippen LogP contribution in [0.15, 0.2) is 53.8 Å². The summed E-state index contributed by atoms with van der Waals surface area (Å²) in [5.41, 5.74) is -2.15. The number of likely N-dealkylation sites (tertiary alicyclic amines) is 1. The molecule has 1 aliphatic carbocycles. The van der Waals surface area contributed by atoms with E-state index in [1.165, 1.54) is 4.90 Å². The SMILES string of the molecule is C[C@H]1CCCN(C(c2cc(C(F)(F)F)c3cn(-c4cccc(C(c5nncn5C)C5CCC5)c4)c(=O)n3c2)C(F)(F)F)C1. The van der Waals surface area contributed by atoms with Gasteiger partial charge in [0.2, 0.25) is 0 Å². The van der Waals surface area contributed by atoms with Crippen molar-refractivity contribution in [3.05, 3.63) is 82.1 Å². The Morgan fingerprint density at radius 3 is 2.35 bits per heavy atom. The number of aromatic nitrogens is 5. The maximum atomic E-state index is 14.5. The molecule has 3 atom stereocenters. The van der Waals surface area contributed by atoms with Crippen LogP contribution in [0.1, 0.15) is 73.5 Å². The third kappa shape index (κ3) is 5.47. The molecule has 0 bridgehead atoms. The van der Waals surface area contributed by atoms with Gasteiger partial charge in [0, 0.05) is 31.9 Å². The fourth-order valence-electron chi connectivity index (χ4n) is 6.69. The molecule has 1 aromatic carbocycles. The van der Waals surface area contributed by atoms with E-state index < -0.39 is 40.7 Å². The number of pyridine rings is 1. The van der Waals surface area contributed by atoms with Crippen molar-refractivity contribution in [3.63, 3.8) is 0 Å². The largest absolute Gasteiger partial charge is 0.418 e. The fraction of sp³-hybridized carbons (Fsp3) is 0.500. The van der Waals surface area contributed by atoms with Gasteiger partial charge in [-0.05, 0) is 73.4 Å². The highest BCUT2D eigenvalue weighted by Gasteiger charge is 2.47. The first-order valence-corrected chi connectivity index (χ1v) is 14.4. The zero-order chi connectivity index (χ0) is 30.7. The van der Waals surface area contributed by atoms with Crippen molar-refractivity contribution in [3.8, 4) is 5.69 Å². The predicted octanol–water partition coefficient (Wildman–Crippen LogP) is 6.50. The van der Waals surface area contributed by atoms with Crippen molar-refractivity contribution in [2.24, 2.45) is 18.9 Å². The molecule has 0 amide bonds. The Bertz CT molecular complexity index is 1680. The molecule has 4 heterocycles. The lowest BCUT2D eigenvalue weighted by Crippen LogP contribution is -2.44. The Morgan fingerprint density at radius 2 is 1.74 bits per heavy atom. The Labute approximate surface area is 243 Å². The molecule has 1 saturated carbocycles. The molecule has 1 saturated heterocycles. The summed E-state index contributed by atoms with van der Waals surface area (Å²) in [6.07, 6.45) is -1.98. The molecule has 3 aromatic heterocycles. The lowest BCUT2D eigenvalue weighted by atomic mass is 9.72. The smallest absolute Gasteiger partial charge is 0.320 e. The Hall–Kier alpha value is -3.61. The van der Waals surface area contributed by atoms with E-state index in [1.54, 1.807) is 24.5 Å². The molecule has 0 spiro atoms. The number of rotatable bonds is 6. The topological polar surface area (TPSA) is 60.4 Å². The minimum atomic E-state index is -4.99. The molecular weight excluding hydrogens is 574 g/mol. The number of imidazole rings is 1. The van der Waals surface area contributed by atoms with Gasteiger partial charge in [0.05, 0.1) is 16.8 Å². The number of aryl methyl sites for hydroxylation is 1. The van der Waals surface area contributed by atoms with Gasteiger partial charge in [0.15, 0.2) is 0 Å². The van der Waals surface area contributed by atoms with E-state index in [0.717, 1.165) is 54.0 Å². The predicted molar refractivity (Wildman–Crippen MR) is 147 cm³/mol. The lowest BCUT2D eigenvalue weighted by molar-refractivity contribution is -0.191. The quantitative estimate of drug-likeness (QED) is 0.235. The van der Waals surface area contributed by atoms with E-state index in [4.69, 9.17) is 0 Å². The Morgan fingerprint density at radius 1 is 0.977 bits per heavy atom. The average Bonchev–Trinajstić information content (AvgIpc) is 3.47. The normalized spacial score (nSPS) is 20.3. The highest BCUT2D eigenvalue weighted by molar-refractivity contribution is 5.58. The van der Waals surface area contributed by atoms with Gasteiger partial charge in [-0.1, -0.05) is 25.5 Å². The summed E-state index contributed by atoms with van der Waals surface area (Å²) < 4.78 is 90.1. The number of benzene rings is 1. The van der Waals surface area contributed by atoms with Crippen molar-refractivity contribution in [2.45, 2.75) is 63.3 Å². The average molecular weight is 607 g/mol. The second kappa shape index (κ2) is 10.8. The molecule has 43 heavy (non-hydrogen) atoms. The molecule has 2 aliphatic rings. The molecule has 7 nitrogen and oxygen atoms in total. The van der Waals surface area contributed by atoms with Crippen LogP contribution in [0.5, 0.6) is 0 Å². The van der Waals surface area contributed by atoms with Crippen molar-refractivity contribution >= 4 is 5.52 Å². The standard InChI is InChI=1S/C30H32F6N6O/c1-18-6-5-11-40(14-18)26(30(34,35)36)21-13-23(29(31,32)33)24-16-41(28(43)42(24)15-21)22-10-4-9-20(12-22)25(19-7-3-8-19)27-38-37-17-39(27)2/h4,9-10,12-13,15-19,25-26H,3,5-8,11,14H2,1-2H3/t18-,25?,26?/m0/s1. The van der Waals surface area contributed by atoms with Crippen molar-refractivity contribution < 1.29 is 26.3 Å². The third-order valence-corrected chi connectivity index (χ3v) is 8.93. The summed E-state index contributed by atoms with van der Waals surface area (Å²) >= 11 is 0. The molecular formula is C30H32F6N6O. The van der Waals surface area contributed by atoms with Gasteiger partial charge in [-0.3, -0.25) is 13.9 Å². The Kier molecular flexibility index (Phi) is 7.42. The third-order valence-electron chi connectivity index (χ3n) is 8.93. The second-order valence-corrected chi connectivity index (χ2v) is 12.0. The summed E-state index contributed by atoms with van der Waals surface area (Å²) in [7, 11) is 1.84. The van der Waals surface area contributed by atoms with Crippen molar-refractivity contribution in [1.29, 1.82) is 0 Å². The molecule has 2 unspecified atom stereocenters. The number of fused-ring (bicyclic) bond motifs is 1. The molecule has 0 N–H and O–H groups in total.